The molecule has 1 aromatic heterocycles. The Hall–Kier alpha value is -1.53. The lowest BCUT2D eigenvalue weighted by Crippen LogP contribution is -2.42. The van der Waals surface area contributed by atoms with Gasteiger partial charge in [-0.05, 0) is 69.7 Å². The second kappa shape index (κ2) is 11.0. The molecule has 2 atom stereocenters. The summed E-state index contributed by atoms with van der Waals surface area (Å²) in [5.41, 5.74) is 0. The summed E-state index contributed by atoms with van der Waals surface area (Å²) in [5, 5.41) is 3.61. The molecule has 0 amide bonds. The fourth-order valence-electron chi connectivity index (χ4n) is 4.84. The maximum absolute atomic E-state index is 5.90. The molecule has 2 unspecified atom stereocenters. The monoisotopic (exact) mass is 402 g/mol. The number of likely N-dealkylation sites (tertiary alicyclic amines) is 2. The highest BCUT2D eigenvalue weighted by molar-refractivity contribution is 5.80. The lowest BCUT2D eigenvalue weighted by molar-refractivity contribution is 0.0223. The normalized spacial score (nSPS) is 26.8. The van der Waals surface area contributed by atoms with Crippen LogP contribution < -0.4 is 5.32 Å². The predicted octanol–water partition coefficient (Wildman–Crippen LogP) is 3.14. The third-order valence-electron chi connectivity index (χ3n) is 6.50. The van der Waals surface area contributed by atoms with E-state index >= 15 is 0 Å². The number of furan rings is 1. The molecule has 1 N–H and O–H groups in total. The first-order chi connectivity index (χ1) is 14.4. The van der Waals surface area contributed by atoms with Crippen LogP contribution in [0.5, 0.6) is 0 Å². The van der Waals surface area contributed by atoms with Crippen LogP contribution in [-0.2, 0) is 11.2 Å². The SMILES string of the molecule is c1coc(CCNC(=NCC2CCCCO2)N2CCC(CN3CCCCC3)C2)c1. The minimum atomic E-state index is 0.289. The van der Waals surface area contributed by atoms with Crippen molar-refractivity contribution in [1.29, 1.82) is 0 Å². The fourth-order valence-corrected chi connectivity index (χ4v) is 4.84. The van der Waals surface area contributed by atoms with Crippen LogP contribution in [0.15, 0.2) is 27.8 Å². The maximum Gasteiger partial charge on any atom is 0.194 e. The van der Waals surface area contributed by atoms with E-state index in [2.05, 4.69) is 15.1 Å². The molecule has 29 heavy (non-hydrogen) atoms. The smallest absolute Gasteiger partial charge is 0.194 e. The molecule has 3 saturated heterocycles. The van der Waals surface area contributed by atoms with E-state index in [0.717, 1.165) is 63.3 Å². The number of nitrogens with zero attached hydrogens (tertiary/aromatic N) is 3. The largest absolute Gasteiger partial charge is 0.469 e. The van der Waals surface area contributed by atoms with Crippen LogP contribution in [0.25, 0.3) is 0 Å². The molecule has 6 heteroatoms. The van der Waals surface area contributed by atoms with E-state index in [1.54, 1.807) is 6.26 Å². The molecule has 0 saturated carbocycles. The highest BCUT2D eigenvalue weighted by atomic mass is 16.5. The summed E-state index contributed by atoms with van der Waals surface area (Å²) in [7, 11) is 0. The predicted molar refractivity (Wildman–Crippen MR) is 116 cm³/mol. The van der Waals surface area contributed by atoms with Crippen molar-refractivity contribution in [2.75, 3.05) is 52.4 Å². The molecule has 0 bridgehead atoms. The van der Waals surface area contributed by atoms with Crippen molar-refractivity contribution in [2.24, 2.45) is 10.9 Å². The van der Waals surface area contributed by atoms with Gasteiger partial charge in [-0.25, -0.2) is 0 Å². The maximum atomic E-state index is 5.90. The van der Waals surface area contributed by atoms with E-state index in [1.165, 1.54) is 58.2 Å². The van der Waals surface area contributed by atoms with Gasteiger partial charge in [0.15, 0.2) is 5.96 Å². The fraction of sp³-hybridized carbons (Fsp3) is 0.783. The van der Waals surface area contributed by atoms with Gasteiger partial charge >= 0.3 is 0 Å². The zero-order valence-corrected chi connectivity index (χ0v) is 17.9. The van der Waals surface area contributed by atoms with Crippen molar-refractivity contribution < 1.29 is 9.15 Å². The number of rotatable bonds is 7. The van der Waals surface area contributed by atoms with Crippen LogP contribution in [0.2, 0.25) is 0 Å². The summed E-state index contributed by atoms with van der Waals surface area (Å²) in [5.74, 6) is 2.85. The van der Waals surface area contributed by atoms with E-state index in [9.17, 15) is 0 Å². The Balaban J connectivity index is 1.30. The molecule has 3 fully saturated rings. The number of guanidine groups is 1. The lowest BCUT2D eigenvalue weighted by Gasteiger charge is -2.29. The van der Waals surface area contributed by atoms with Crippen molar-refractivity contribution >= 4 is 5.96 Å². The summed E-state index contributed by atoms with van der Waals surface area (Å²) in [4.78, 5) is 10.1. The topological polar surface area (TPSA) is 53.2 Å². The Morgan fingerprint density at radius 1 is 1.10 bits per heavy atom. The molecule has 3 aliphatic heterocycles. The number of hydrogen-bond donors (Lipinski definition) is 1. The number of piperidine rings is 1. The first-order valence-corrected chi connectivity index (χ1v) is 11.8. The van der Waals surface area contributed by atoms with Gasteiger partial charge in [-0.1, -0.05) is 6.42 Å². The Kier molecular flexibility index (Phi) is 7.88. The van der Waals surface area contributed by atoms with E-state index < -0.39 is 0 Å². The van der Waals surface area contributed by atoms with Gasteiger partial charge in [-0.2, -0.15) is 0 Å². The molecule has 0 spiro atoms. The van der Waals surface area contributed by atoms with Crippen LogP contribution >= 0.6 is 0 Å². The third kappa shape index (κ3) is 6.48. The highest BCUT2D eigenvalue weighted by Crippen LogP contribution is 2.20. The first-order valence-electron chi connectivity index (χ1n) is 11.8. The van der Waals surface area contributed by atoms with Crippen LogP contribution in [-0.4, -0.2) is 74.3 Å². The van der Waals surface area contributed by atoms with Crippen molar-refractivity contribution in [2.45, 2.75) is 57.5 Å². The first kappa shape index (κ1) is 20.7. The molecule has 4 rings (SSSR count). The van der Waals surface area contributed by atoms with Gasteiger partial charge in [0.25, 0.3) is 0 Å². The Labute approximate surface area is 175 Å². The number of hydrogen-bond acceptors (Lipinski definition) is 4. The Morgan fingerprint density at radius 2 is 2.03 bits per heavy atom. The van der Waals surface area contributed by atoms with E-state index in [0.29, 0.717) is 0 Å². The minimum absolute atomic E-state index is 0.289. The van der Waals surface area contributed by atoms with Crippen LogP contribution in [0.4, 0.5) is 0 Å². The summed E-state index contributed by atoms with van der Waals surface area (Å²) >= 11 is 0. The zero-order valence-electron chi connectivity index (χ0n) is 17.9. The number of ether oxygens (including phenoxy) is 1. The molecule has 3 aliphatic rings. The summed E-state index contributed by atoms with van der Waals surface area (Å²) in [6, 6.07) is 4.00. The molecule has 4 heterocycles. The summed E-state index contributed by atoms with van der Waals surface area (Å²) in [6.45, 7) is 8.58. The van der Waals surface area contributed by atoms with Gasteiger partial charge in [0.2, 0.25) is 0 Å². The average Bonchev–Trinajstić information content (AvgIpc) is 3.44. The minimum Gasteiger partial charge on any atom is -0.469 e. The van der Waals surface area contributed by atoms with Crippen molar-refractivity contribution in [3.05, 3.63) is 24.2 Å². The molecule has 0 radical (unpaired) electrons. The average molecular weight is 403 g/mol. The molecule has 0 aliphatic carbocycles. The van der Waals surface area contributed by atoms with Crippen LogP contribution in [0.1, 0.15) is 50.7 Å². The van der Waals surface area contributed by atoms with Gasteiger partial charge in [-0.15, -0.1) is 0 Å². The summed E-state index contributed by atoms with van der Waals surface area (Å²) in [6.07, 6.45) is 12.0. The lowest BCUT2D eigenvalue weighted by atomic mass is 10.1. The second-order valence-corrected chi connectivity index (χ2v) is 8.87. The van der Waals surface area contributed by atoms with Gasteiger partial charge in [0, 0.05) is 39.2 Å². The molecular weight excluding hydrogens is 364 g/mol. The molecular formula is C23H38N4O2. The van der Waals surface area contributed by atoms with Gasteiger partial charge in [0.1, 0.15) is 5.76 Å². The third-order valence-corrected chi connectivity index (χ3v) is 6.50. The standard InChI is InChI=1S/C23H38N4O2/c1-3-12-26(13-4-1)18-20-10-14-27(19-20)23(24-11-9-21-8-6-16-28-21)25-17-22-7-2-5-15-29-22/h6,8,16,20,22H,1-5,7,9-15,17-19H2,(H,24,25). The number of aliphatic imine (C=N–C) groups is 1. The highest BCUT2D eigenvalue weighted by Gasteiger charge is 2.27. The van der Waals surface area contributed by atoms with Crippen LogP contribution in [0, 0.1) is 5.92 Å². The van der Waals surface area contributed by atoms with Crippen molar-refractivity contribution in [1.82, 2.24) is 15.1 Å². The quantitative estimate of drug-likeness (QED) is 0.561. The number of nitrogens with one attached hydrogen (secondary N) is 1. The van der Waals surface area contributed by atoms with Gasteiger partial charge in [-0.3, -0.25) is 4.99 Å². The summed E-state index contributed by atoms with van der Waals surface area (Å²) < 4.78 is 11.4. The van der Waals surface area contributed by atoms with Gasteiger partial charge in [0.05, 0.1) is 18.9 Å². The van der Waals surface area contributed by atoms with Crippen molar-refractivity contribution in [3.63, 3.8) is 0 Å². The van der Waals surface area contributed by atoms with Crippen LogP contribution in [0.3, 0.4) is 0 Å². The Bertz CT molecular complexity index is 606. The zero-order chi connectivity index (χ0) is 19.7. The molecule has 0 aromatic carbocycles. The Morgan fingerprint density at radius 3 is 2.83 bits per heavy atom. The molecule has 6 nitrogen and oxygen atoms in total. The van der Waals surface area contributed by atoms with E-state index in [1.807, 2.05) is 12.1 Å². The molecule has 162 valence electrons. The molecule has 1 aromatic rings. The second-order valence-electron chi connectivity index (χ2n) is 8.87. The van der Waals surface area contributed by atoms with Crippen molar-refractivity contribution in [3.8, 4) is 0 Å². The van der Waals surface area contributed by atoms with E-state index in [-0.39, 0.29) is 6.10 Å². The van der Waals surface area contributed by atoms with Gasteiger partial charge < -0.3 is 24.3 Å². The van der Waals surface area contributed by atoms with E-state index in [4.69, 9.17) is 14.1 Å².